The predicted octanol–water partition coefficient (Wildman–Crippen LogP) is 2.31. The number of carboxylic acid groups (broad SMARTS) is 1. The zero-order valence-electron chi connectivity index (χ0n) is 11.2. The van der Waals surface area contributed by atoms with E-state index in [4.69, 9.17) is 9.84 Å². The van der Waals surface area contributed by atoms with Gasteiger partial charge in [0.1, 0.15) is 0 Å². The molecule has 5 heteroatoms. The fourth-order valence-electron chi connectivity index (χ4n) is 2.62. The largest absolute Gasteiger partial charge is 0.481 e. The van der Waals surface area contributed by atoms with Crippen molar-refractivity contribution >= 4 is 11.7 Å². The van der Waals surface area contributed by atoms with Crippen molar-refractivity contribution in [2.24, 2.45) is 0 Å². The molecule has 1 fully saturated rings. The van der Waals surface area contributed by atoms with E-state index in [0.29, 0.717) is 18.3 Å². The first-order valence-corrected chi connectivity index (χ1v) is 6.69. The number of nitrogens with zero attached hydrogens (tertiary/aromatic N) is 2. The summed E-state index contributed by atoms with van der Waals surface area (Å²) in [5.74, 6) is -0.127. The van der Waals surface area contributed by atoms with Crippen molar-refractivity contribution in [1.29, 1.82) is 0 Å². The van der Waals surface area contributed by atoms with Gasteiger partial charge in [-0.2, -0.15) is 0 Å². The summed E-state index contributed by atoms with van der Waals surface area (Å²) in [5.41, 5.74) is 1.07. The molecule has 0 spiro atoms. The molecule has 0 saturated carbocycles. The van der Waals surface area contributed by atoms with Gasteiger partial charge >= 0.3 is 5.97 Å². The van der Waals surface area contributed by atoms with Crippen LogP contribution in [0.15, 0.2) is 18.3 Å². The Morgan fingerprint density at radius 3 is 3.16 bits per heavy atom. The Hall–Kier alpha value is -1.78. The number of carbonyl (C=O) groups is 1. The second kappa shape index (κ2) is 6.41. The summed E-state index contributed by atoms with van der Waals surface area (Å²) >= 11 is 0. The van der Waals surface area contributed by atoms with E-state index in [1.54, 1.807) is 13.3 Å². The van der Waals surface area contributed by atoms with Crippen LogP contribution in [-0.4, -0.2) is 35.8 Å². The number of aliphatic carboxylic acids is 1. The number of pyridine rings is 1. The molecular weight excluding hydrogens is 244 g/mol. The Labute approximate surface area is 113 Å². The molecule has 0 aliphatic carbocycles. The van der Waals surface area contributed by atoms with Crippen LogP contribution < -0.4 is 9.64 Å². The van der Waals surface area contributed by atoms with Gasteiger partial charge in [0, 0.05) is 37.0 Å². The number of anilines is 1. The lowest BCUT2D eigenvalue weighted by Crippen LogP contribution is -2.39. The second-order valence-electron chi connectivity index (χ2n) is 4.83. The molecule has 5 nitrogen and oxygen atoms in total. The first-order chi connectivity index (χ1) is 9.20. The Morgan fingerprint density at radius 2 is 2.42 bits per heavy atom. The van der Waals surface area contributed by atoms with Gasteiger partial charge in [0.25, 0.3) is 0 Å². The van der Waals surface area contributed by atoms with Gasteiger partial charge in [0.05, 0.1) is 7.11 Å². The summed E-state index contributed by atoms with van der Waals surface area (Å²) in [6.45, 7) is 0.970. The van der Waals surface area contributed by atoms with Crippen LogP contribution in [0.3, 0.4) is 0 Å². The van der Waals surface area contributed by atoms with Gasteiger partial charge < -0.3 is 14.7 Å². The zero-order valence-corrected chi connectivity index (χ0v) is 11.2. The van der Waals surface area contributed by atoms with Crippen LogP contribution in [0.4, 0.5) is 5.69 Å². The Bertz CT molecular complexity index is 436. The van der Waals surface area contributed by atoms with Crippen molar-refractivity contribution < 1.29 is 14.6 Å². The molecule has 1 aromatic rings. The Balaban J connectivity index is 2.11. The van der Waals surface area contributed by atoms with Gasteiger partial charge in [0.15, 0.2) is 0 Å². The molecule has 0 radical (unpaired) electrons. The number of carboxylic acids is 1. The van der Waals surface area contributed by atoms with Crippen molar-refractivity contribution in [2.45, 2.75) is 38.1 Å². The van der Waals surface area contributed by atoms with Crippen molar-refractivity contribution in [2.75, 3.05) is 18.6 Å². The van der Waals surface area contributed by atoms with Gasteiger partial charge in [0.2, 0.25) is 5.88 Å². The monoisotopic (exact) mass is 264 g/mol. The van der Waals surface area contributed by atoms with E-state index < -0.39 is 5.97 Å². The maximum Gasteiger partial charge on any atom is 0.303 e. The molecule has 1 unspecified atom stereocenters. The van der Waals surface area contributed by atoms with Crippen molar-refractivity contribution in [1.82, 2.24) is 4.98 Å². The Kier molecular flexibility index (Phi) is 4.60. The molecule has 2 rings (SSSR count). The molecule has 1 aliphatic rings. The molecule has 104 valence electrons. The third-order valence-corrected chi connectivity index (χ3v) is 3.58. The molecule has 1 aromatic heterocycles. The zero-order chi connectivity index (χ0) is 13.7. The normalized spacial score (nSPS) is 19.2. The minimum Gasteiger partial charge on any atom is -0.481 e. The van der Waals surface area contributed by atoms with E-state index in [1.807, 2.05) is 12.1 Å². The van der Waals surface area contributed by atoms with Crippen molar-refractivity contribution in [3.8, 4) is 5.88 Å². The lowest BCUT2D eigenvalue weighted by atomic mass is 9.97. The number of methoxy groups -OCH3 is 1. The van der Waals surface area contributed by atoms with E-state index >= 15 is 0 Å². The van der Waals surface area contributed by atoms with Crippen LogP contribution in [0.5, 0.6) is 5.88 Å². The minimum atomic E-state index is -0.724. The van der Waals surface area contributed by atoms with Crippen LogP contribution in [0.25, 0.3) is 0 Å². The maximum atomic E-state index is 10.7. The third kappa shape index (κ3) is 3.59. The summed E-state index contributed by atoms with van der Waals surface area (Å²) in [7, 11) is 1.60. The van der Waals surface area contributed by atoms with Crippen LogP contribution in [0.2, 0.25) is 0 Å². The molecule has 2 heterocycles. The van der Waals surface area contributed by atoms with Crippen LogP contribution in [0.1, 0.15) is 32.1 Å². The van der Waals surface area contributed by atoms with E-state index in [9.17, 15) is 4.79 Å². The smallest absolute Gasteiger partial charge is 0.303 e. The van der Waals surface area contributed by atoms with Gasteiger partial charge in [-0.15, -0.1) is 0 Å². The number of rotatable bonds is 5. The molecule has 1 N–H and O–H groups in total. The average molecular weight is 264 g/mol. The molecule has 1 atom stereocenters. The van der Waals surface area contributed by atoms with E-state index in [2.05, 4.69) is 9.88 Å². The molecule has 0 amide bonds. The molecule has 1 saturated heterocycles. The predicted molar refractivity (Wildman–Crippen MR) is 72.6 cm³/mol. The summed E-state index contributed by atoms with van der Waals surface area (Å²) in [4.78, 5) is 17.1. The fraction of sp³-hybridized carbons (Fsp3) is 0.571. The van der Waals surface area contributed by atoms with Gasteiger partial charge in [-0.3, -0.25) is 4.79 Å². The van der Waals surface area contributed by atoms with Crippen LogP contribution in [-0.2, 0) is 4.79 Å². The second-order valence-corrected chi connectivity index (χ2v) is 4.83. The molecule has 0 aromatic carbocycles. The highest BCUT2D eigenvalue weighted by Gasteiger charge is 2.23. The third-order valence-electron chi connectivity index (χ3n) is 3.58. The highest BCUT2D eigenvalue weighted by molar-refractivity contribution is 5.66. The number of aromatic nitrogens is 1. The topological polar surface area (TPSA) is 62.7 Å². The van der Waals surface area contributed by atoms with Crippen LogP contribution >= 0.6 is 0 Å². The maximum absolute atomic E-state index is 10.7. The lowest BCUT2D eigenvalue weighted by molar-refractivity contribution is -0.137. The van der Waals surface area contributed by atoms with Gasteiger partial charge in [-0.05, 0) is 31.7 Å². The Morgan fingerprint density at radius 1 is 1.58 bits per heavy atom. The van der Waals surface area contributed by atoms with E-state index in [-0.39, 0.29) is 6.42 Å². The fourth-order valence-corrected chi connectivity index (χ4v) is 2.62. The summed E-state index contributed by atoms with van der Waals surface area (Å²) in [6, 6.07) is 4.18. The first-order valence-electron chi connectivity index (χ1n) is 6.69. The van der Waals surface area contributed by atoms with Crippen molar-refractivity contribution in [3.63, 3.8) is 0 Å². The van der Waals surface area contributed by atoms with Crippen LogP contribution in [0, 0.1) is 0 Å². The van der Waals surface area contributed by atoms with Gasteiger partial charge in [-0.1, -0.05) is 0 Å². The number of piperidine rings is 1. The summed E-state index contributed by atoms with van der Waals surface area (Å²) < 4.78 is 5.15. The number of ether oxygens (including phenoxy) is 1. The van der Waals surface area contributed by atoms with Gasteiger partial charge in [-0.25, -0.2) is 4.98 Å². The summed E-state index contributed by atoms with van der Waals surface area (Å²) in [6.07, 6.45) is 6.02. The first kappa shape index (κ1) is 13.6. The standard InChI is InChI=1S/C14H20N2O3/c1-19-13-10-12(7-8-15-13)16-9-3-2-4-11(16)5-6-14(17)18/h7-8,10-11H,2-6,9H2,1H3,(H,17,18). The lowest BCUT2D eigenvalue weighted by Gasteiger charge is -2.37. The van der Waals surface area contributed by atoms with Crippen molar-refractivity contribution in [3.05, 3.63) is 18.3 Å². The minimum absolute atomic E-state index is 0.226. The molecule has 19 heavy (non-hydrogen) atoms. The highest BCUT2D eigenvalue weighted by atomic mass is 16.5. The number of hydrogen-bond acceptors (Lipinski definition) is 4. The summed E-state index contributed by atoms with van der Waals surface area (Å²) in [5, 5.41) is 8.83. The van der Waals surface area contributed by atoms with E-state index in [0.717, 1.165) is 25.1 Å². The number of hydrogen-bond donors (Lipinski definition) is 1. The average Bonchev–Trinajstić information content (AvgIpc) is 2.45. The molecular formula is C14H20N2O3. The quantitative estimate of drug-likeness (QED) is 0.884. The SMILES string of the molecule is COc1cc(N2CCCCC2CCC(=O)O)ccn1. The highest BCUT2D eigenvalue weighted by Crippen LogP contribution is 2.28. The molecule has 0 bridgehead atoms. The van der Waals surface area contributed by atoms with E-state index in [1.165, 1.54) is 6.42 Å². The molecule has 1 aliphatic heterocycles.